The van der Waals surface area contributed by atoms with Gasteiger partial charge in [0.1, 0.15) is 5.75 Å². The van der Waals surface area contributed by atoms with Gasteiger partial charge in [-0.2, -0.15) is 8.42 Å². The molecule has 6 nitrogen and oxygen atoms in total. The van der Waals surface area contributed by atoms with Crippen LogP contribution in [0.15, 0.2) is 29.2 Å². The SMILES string of the molecule is O=S(=O)([P-2])Oc1ccc(S(=O)(=O)O)cc1. The molecule has 1 aromatic rings. The summed E-state index contributed by atoms with van der Waals surface area (Å²) < 4.78 is 55.3. The molecule has 0 amide bonds. The van der Waals surface area contributed by atoms with Crippen LogP contribution in [-0.2, 0) is 19.9 Å². The zero-order valence-electron chi connectivity index (χ0n) is 7.06. The number of hydrogen-bond donors (Lipinski definition) is 1. The zero-order chi connectivity index (χ0) is 11.7. The van der Waals surface area contributed by atoms with Crippen LogP contribution < -0.4 is 4.18 Å². The van der Waals surface area contributed by atoms with Crippen LogP contribution in [0.5, 0.6) is 5.75 Å². The van der Waals surface area contributed by atoms with Gasteiger partial charge in [-0.3, -0.25) is 13.0 Å². The quantitative estimate of drug-likeness (QED) is 0.647. The van der Waals surface area contributed by atoms with Crippen molar-refractivity contribution in [3.63, 3.8) is 0 Å². The van der Waals surface area contributed by atoms with Crippen LogP contribution in [0.25, 0.3) is 0 Å². The summed E-state index contributed by atoms with van der Waals surface area (Å²) in [6.07, 6.45) is 0. The van der Waals surface area contributed by atoms with Crippen molar-refractivity contribution in [3.8, 4) is 5.75 Å². The van der Waals surface area contributed by atoms with Crippen molar-refractivity contribution >= 4 is 28.3 Å². The predicted octanol–water partition coefficient (Wildman–Crippen LogP) is 0.967. The van der Waals surface area contributed by atoms with E-state index in [0.717, 1.165) is 24.3 Å². The summed E-state index contributed by atoms with van der Waals surface area (Å²) in [5.74, 6) is -0.0996. The first-order valence-corrected chi connectivity index (χ1v) is 7.33. The van der Waals surface area contributed by atoms with Crippen LogP contribution in [0.1, 0.15) is 0 Å². The summed E-state index contributed by atoms with van der Waals surface area (Å²) in [4.78, 5) is -0.355. The summed E-state index contributed by atoms with van der Waals surface area (Å²) in [6.45, 7) is 0. The molecule has 0 saturated carbocycles. The number of rotatable bonds is 3. The second kappa shape index (κ2) is 4.05. The van der Waals surface area contributed by atoms with Crippen molar-refractivity contribution in [2.75, 3.05) is 0 Å². The lowest BCUT2D eigenvalue weighted by Crippen LogP contribution is -2.01. The molecule has 0 fully saturated rings. The lowest BCUT2D eigenvalue weighted by molar-refractivity contribution is 0.483. The van der Waals surface area contributed by atoms with Crippen molar-refractivity contribution in [1.82, 2.24) is 0 Å². The van der Waals surface area contributed by atoms with Gasteiger partial charge in [0.05, 0.1) is 4.90 Å². The molecule has 84 valence electrons. The van der Waals surface area contributed by atoms with E-state index < -0.39 is 19.9 Å². The van der Waals surface area contributed by atoms with Gasteiger partial charge in [0.2, 0.25) is 0 Å². The van der Waals surface area contributed by atoms with Gasteiger partial charge in [0, 0.05) is 0 Å². The van der Waals surface area contributed by atoms with Crippen LogP contribution in [-0.4, -0.2) is 21.4 Å². The smallest absolute Gasteiger partial charge is 0.294 e. The highest BCUT2D eigenvalue weighted by atomic mass is 32.7. The Morgan fingerprint density at radius 3 is 1.87 bits per heavy atom. The topological polar surface area (TPSA) is 97.7 Å². The highest BCUT2D eigenvalue weighted by Gasteiger charge is 2.08. The van der Waals surface area contributed by atoms with Gasteiger partial charge in [0.15, 0.2) is 0 Å². The molecule has 0 atom stereocenters. The highest BCUT2D eigenvalue weighted by molar-refractivity contribution is 8.34. The Kier molecular flexibility index (Phi) is 3.34. The Morgan fingerprint density at radius 2 is 1.53 bits per heavy atom. The molecule has 1 rings (SSSR count). The minimum absolute atomic E-state index is 0.0996. The Hall–Kier alpha value is -0.690. The van der Waals surface area contributed by atoms with Crippen LogP contribution in [0.4, 0.5) is 0 Å². The van der Waals surface area contributed by atoms with E-state index >= 15 is 0 Å². The van der Waals surface area contributed by atoms with Gasteiger partial charge < -0.3 is 12.6 Å². The molecule has 0 aromatic heterocycles. The number of benzene rings is 1. The van der Waals surface area contributed by atoms with Crippen molar-refractivity contribution in [2.24, 2.45) is 0 Å². The third kappa shape index (κ3) is 4.13. The lowest BCUT2D eigenvalue weighted by atomic mass is 10.3. The second-order valence-corrected chi connectivity index (χ2v) is 6.24. The summed E-state index contributed by atoms with van der Waals surface area (Å²) in [7, 11) is -5.10. The van der Waals surface area contributed by atoms with Crippen molar-refractivity contribution in [1.29, 1.82) is 0 Å². The first-order valence-electron chi connectivity index (χ1n) is 3.43. The highest BCUT2D eigenvalue weighted by Crippen LogP contribution is 2.18. The van der Waals surface area contributed by atoms with E-state index in [1.54, 1.807) is 0 Å². The van der Waals surface area contributed by atoms with Gasteiger partial charge in [-0.1, -0.05) is 0 Å². The molecule has 0 bridgehead atoms. The number of hydrogen-bond acceptors (Lipinski definition) is 5. The first-order chi connectivity index (χ1) is 6.68. The molecule has 0 saturated heterocycles. The van der Waals surface area contributed by atoms with Gasteiger partial charge in [-0.25, -0.2) is 0 Å². The maximum Gasteiger partial charge on any atom is 0.294 e. The van der Waals surface area contributed by atoms with E-state index in [9.17, 15) is 16.8 Å². The summed E-state index contributed by atoms with van der Waals surface area (Å²) in [5, 5.41) is 0. The predicted molar refractivity (Wildman–Crippen MR) is 52.7 cm³/mol. The maximum absolute atomic E-state index is 10.6. The molecule has 1 N–H and O–H groups in total. The lowest BCUT2D eigenvalue weighted by Gasteiger charge is -2.29. The molecule has 0 unspecified atom stereocenters. The Balaban J connectivity index is 3.02. The van der Waals surface area contributed by atoms with Crippen molar-refractivity contribution in [3.05, 3.63) is 24.3 Å². The third-order valence-corrected chi connectivity index (χ3v) is 2.82. The summed E-state index contributed by atoms with van der Waals surface area (Å²) in [5.41, 5.74) is 0. The molecular weight excluding hydrogens is 263 g/mol. The fourth-order valence-corrected chi connectivity index (χ4v) is 1.88. The molecule has 9 heteroatoms. The van der Waals surface area contributed by atoms with Gasteiger partial charge in [-0.05, 0) is 34.0 Å². The largest absolute Gasteiger partial charge is 1.28 e. The minimum atomic E-state index is -4.29. The standard InChI is InChI=1S/C6H5O6PS2/c7-14(8,9)6-3-1-5(2-4-6)12-15(10,11)13/h1-4H,(H,7,8,9)/q-2. The molecule has 0 aliphatic carbocycles. The van der Waals surface area contributed by atoms with E-state index in [-0.39, 0.29) is 10.6 Å². The van der Waals surface area contributed by atoms with E-state index in [1.807, 2.05) is 0 Å². The Morgan fingerprint density at radius 1 is 1.07 bits per heavy atom. The summed E-state index contributed by atoms with van der Waals surface area (Å²) in [6, 6.07) is 4.17. The fourth-order valence-electron chi connectivity index (χ4n) is 0.789. The fraction of sp³-hybridized carbons (Fsp3) is 0. The first kappa shape index (κ1) is 12.4. The molecule has 0 heterocycles. The van der Waals surface area contributed by atoms with Gasteiger partial charge >= 0.3 is 0 Å². The average molecular weight is 268 g/mol. The molecule has 0 radical (unpaired) electrons. The van der Waals surface area contributed by atoms with Crippen LogP contribution >= 0.6 is 8.44 Å². The second-order valence-electron chi connectivity index (χ2n) is 2.46. The zero-order valence-corrected chi connectivity index (χ0v) is 9.59. The Bertz CT molecular complexity index is 544. The van der Waals surface area contributed by atoms with Crippen LogP contribution in [0, 0.1) is 0 Å². The summed E-state index contributed by atoms with van der Waals surface area (Å²) >= 11 is 0. The van der Waals surface area contributed by atoms with Crippen LogP contribution in [0.2, 0.25) is 0 Å². The van der Waals surface area contributed by atoms with Crippen molar-refractivity contribution in [2.45, 2.75) is 4.90 Å². The van der Waals surface area contributed by atoms with E-state index in [2.05, 4.69) is 12.6 Å². The van der Waals surface area contributed by atoms with Gasteiger partial charge in [0.25, 0.3) is 10.1 Å². The molecular formula is C6H5O6PS2-2. The van der Waals surface area contributed by atoms with E-state index in [0.29, 0.717) is 0 Å². The monoisotopic (exact) mass is 268 g/mol. The van der Waals surface area contributed by atoms with Crippen molar-refractivity contribution < 1.29 is 25.6 Å². The molecule has 1 aromatic carbocycles. The molecule has 0 spiro atoms. The minimum Gasteiger partial charge on any atom is -1.28 e. The van der Waals surface area contributed by atoms with E-state index in [4.69, 9.17) is 4.55 Å². The maximum atomic E-state index is 10.6. The molecule has 0 aliphatic rings. The third-order valence-electron chi connectivity index (χ3n) is 1.32. The van der Waals surface area contributed by atoms with Crippen LogP contribution in [0.3, 0.4) is 0 Å². The molecule has 15 heavy (non-hydrogen) atoms. The molecule has 0 aliphatic heterocycles. The van der Waals surface area contributed by atoms with Gasteiger partial charge in [-0.15, -0.1) is 0 Å². The van der Waals surface area contributed by atoms with E-state index in [1.165, 1.54) is 0 Å². The normalized spacial score (nSPS) is 12.4. The Labute approximate surface area is 89.1 Å². The average Bonchev–Trinajstić information content (AvgIpc) is 2.00.